The minimum atomic E-state index is -0.198. The number of fused-ring (bicyclic) bond motifs is 3. The first-order valence-electron chi connectivity index (χ1n) is 9.27. The van der Waals surface area contributed by atoms with Gasteiger partial charge in [0.2, 0.25) is 0 Å². The van der Waals surface area contributed by atoms with Crippen LogP contribution in [0.2, 0.25) is 5.02 Å². The van der Waals surface area contributed by atoms with Crippen LogP contribution in [0, 0.1) is 0 Å². The van der Waals surface area contributed by atoms with Gasteiger partial charge in [0.1, 0.15) is 5.69 Å². The summed E-state index contributed by atoms with van der Waals surface area (Å²) in [5.74, 6) is -0.0238. The number of aryl methyl sites for hydroxylation is 1. The van der Waals surface area contributed by atoms with E-state index in [4.69, 9.17) is 11.6 Å². The Morgan fingerprint density at radius 3 is 2.68 bits per heavy atom. The molecule has 1 N–H and O–H groups in total. The van der Waals surface area contributed by atoms with Crippen molar-refractivity contribution in [1.82, 2.24) is 19.7 Å². The van der Waals surface area contributed by atoms with Gasteiger partial charge in [0.15, 0.2) is 0 Å². The first-order valence-corrected chi connectivity index (χ1v) is 9.65. The Bertz CT molecular complexity index is 1170. The zero-order valence-electron chi connectivity index (χ0n) is 15.4. The van der Waals surface area contributed by atoms with Crippen molar-refractivity contribution in [1.29, 1.82) is 0 Å². The average molecular weight is 391 g/mol. The minimum Gasteiger partial charge on any atom is -0.356 e. The van der Waals surface area contributed by atoms with Crippen LogP contribution in [0.4, 0.5) is 0 Å². The molecule has 0 bridgehead atoms. The number of halogens is 1. The molecule has 0 spiro atoms. The lowest BCUT2D eigenvalue weighted by Crippen LogP contribution is -2.41. The third-order valence-electron chi connectivity index (χ3n) is 5.52. The van der Waals surface area contributed by atoms with E-state index < -0.39 is 0 Å². The predicted molar refractivity (Wildman–Crippen MR) is 110 cm³/mol. The van der Waals surface area contributed by atoms with Gasteiger partial charge >= 0.3 is 0 Å². The summed E-state index contributed by atoms with van der Waals surface area (Å²) >= 11 is 6.12. The second-order valence-corrected chi connectivity index (χ2v) is 7.54. The normalized spacial score (nSPS) is 16.4. The van der Waals surface area contributed by atoms with Crippen molar-refractivity contribution in [3.8, 4) is 0 Å². The minimum absolute atomic E-state index is 0.0238. The summed E-state index contributed by atoms with van der Waals surface area (Å²) in [6, 6.07) is 17.6. The molecule has 140 valence electrons. The molecule has 0 unspecified atom stereocenters. The van der Waals surface area contributed by atoms with E-state index in [1.54, 1.807) is 24.0 Å². The zero-order chi connectivity index (χ0) is 19.3. The number of carbonyl (C=O) groups is 1. The summed E-state index contributed by atoms with van der Waals surface area (Å²) in [5, 5.41) is 6.07. The van der Waals surface area contributed by atoms with Crippen molar-refractivity contribution in [2.45, 2.75) is 12.5 Å². The highest BCUT2D eigenvalue weighted by Crippen LogP contribution is 2.39. The number of benzene rings is 2. The molecule has 0 aliphatic carbocycles. The van der Waals surface area contributed by atoms with Crippen molar-refractivity contribution < 1.29 is 4.79 Å². The van der Waals surface area contributed by atoms with Gasteiger partial charge in [-0.25, -0.2) is 0 Å². The van der Waals surface area contributed by atoms with Crippen molar-refractivity contribution in [2.24, 2.45) is 7.05 Å². The molecule has 4 aromatic rings. The molecular formula is C22H19ClN4O. The number of rotatable bonds is 2. The van der Waals surface area contributed by atoms with E-state index in [1.165, 1.54) is 10.9 Å². The molecule has 5 nitrogen and oxygen atoms in total. The molecule has 2 aromatic heterocycles. The summed E-state index contributed by atoms with van der Waals surface area (Å²) in [7, 11) is 1.79. The van der Waals surface area contributed by atoms with Crippen LogP contribution in [0.15, 0.2) is 60.8 Å². The van der Waals surface area contributed by atoms with Crippen molar-refractivity contribution >= 4 is 28.4 Å². The first kappa shape index (κ1) is 17.1. The van der Waals surface area contributed by atoms with Crippen LogP contribution in [-0.2, 0) is 13.5 Å². The number of hydrogen-bond acceptors (Lipinski definition) is 2. The second kappa shape index (κ2) is 6.53. The maximum atomic E-state index is 13.4. The Kier molecular flexibility index (Phi) is 3.98. The van der Waals surface area contributed by atoms with Gasteiger partial charge in [0, 0.05) is 41.4 Å². The van der Waals surface area contributed by atoms with Crippen LogP contribution in [0.5, 0.6) is 0 Å². The fraction of sp³-hybridized carbons (Fsp3) is 0.182. The third kappa shape index (κ3) is 2.62. The van der Waals surface area contributed by atoms with Gasteiger partial charge in [0.05, 0.1) is 6.04 Å². The quantitative estimate of drug-likeness (QED) is 0.553. The standard InChI is InChI=1S/C22H19ClN4O/c1-26-19(10-12-24-26)22(28)27-13-11-17-16-4-2-3-5-18(16)25-20(17)21(27)14-6-8-15(23)9-7-14/h2-10,12,21,25H,11,13H2,1H3/t21-/m1/s1. The Morgan fingerprint density at radius 2 is 1.93 bits per heavy atom. The molecule has 2 aromatic carbocycles. The third-order valence-corrected chi connectivity index (χ3v) is 5.77. The maximum absolute atomic E-state index is 13.4. The molecule has 0 saturated heterocycles. The Balaban J connectivity index is 1.68. The van der Waals surface area contributed by atoms with Crippen LogP contribution in [0.3, 0.4) is 0 Å². The lowest BCUT2D eigenvalue weighted by atomic mass is 9.92. The number of amides is 1. The fourth-order valence-corrected chi connectivity index (χ4v) is 4.31. The molecule has 1 amide bonds. The van der Waals surface area contributed by atoms with Gasteiger partial charge in [-0.1, -0.05) is 41.9 Å². The summed E-state index contributed by atoms with van der Waals surface area (Å²) in [5.41, 5.74) is 5.07. The number of H-pyrrole nitrogens is 1. The molecule has 6 heteroatoms. The van der Waals surface area contributed by atoms with Crippen LogP contribution in [-0.4, -0.2) is 32.1 Å². The molecule has 3 heterocycles. The van der Waals surface area contributed by atoms with Gasteiger partial charge in [-0.2, -0.15) is 5.10 Å². The monoisotopic (exact) mass is 390 g/mol. The van der Waals surface area contributed by atoms with E-state index in [9.17, 15) is 4.79 Å². The highest BCUT2D eigenvalue weighted by Gasteiger charge is 2.35. The van der Waals surface area contributed by atoms with E-state index in [2.05, 4.69) is 28.3 Å². The predicted octanol–water partition coefficient (Wildman–Crippen LogP) is 4.34. The van der Waals surface area contributed by atoms with E-state index in [1.807, 2.05) is 35.2 Å². The topological polar surface area (TPSA) is 53.9 Å². The highest BCUT2D eigenvalue weighted by molar-refractivity contribution is 6.30. The lowest BCUT2D eigenvalue weighted by Gasteiger charge is -2.36. The molecule has 1 atom stereocenters. The van der Waals surface area contributed by atoms with E-state index in [0.717, 1.165) is 23.2 Å². The molecule has 0 fully saturated rings. The zero-order valence-corrected chi connectivity index (χ0v) is 16.1. The fourth-order valence-electron chi connectivity index (χ4n) is 4.18. The van der Waals surface area contributed by atoms with Gasteiger partial charge in [-0.05, 0) is 41.8 Å². The summed E-state index contributed by atoms with van der Waals surface area (Å²) in [4.78, 5) is 18.9. The van der Waals surface area contributed by atoms with Gasteiger partial charge in [-0.15, -0.1) is 0 Å². The lowest BCUT2D eigenvalue weighted by molar-refractivity contribution is 0.0680. The van der Waals surface area contributed by atoms with Crippen molar-refractivity contribution in [3.05, 3.63) is 88.3 Å². The van der Waals surface area contributed by atoms with Crippen LogP contribution >= 0.6 is 11.6 Å². The molecule has 5 rings (SSSR count). The molecular weight excluding hydrogens is 372 g/mol. The largest absolute Gasteiger partial charge is 0.356 e. The number of aromatic nitrogens is 3. The molecule has 0 radical (unpaired) electrons. The maximum Gasteiger partial charge on any atom is 0.272 e. The van der Waals surface area contributed by atoms with Gasteiger partial charge in [-0.3, -0.25) is 9.48 Å². The van der Waals surface area contributed by atoms with E-state index >= 15 is 0 Å². The molecule has 1 aliphatic rings. The van der Waals surface area contributed by atoms with Crippen LogP contribution in [0.1, 0.15) is 33.4 Å². The summed E-state index contributed by atoms with van der Waals surface area (Å²) in [6.45, 7) is 0.645. The average Bonchev–Trinajstić information content (AvgIpc) is 3.30. The van der Waals surface area contributed by atoms with Crippen molar-refractivity contribution in [3.63, 3.8) is 0 Å². The number of hydrogen-bond donors (Lipinski definition) is 1. The molecule has 28 heavy (non-hydrogen) atoms. The Morgan fingerprint density at radius 1 is 1.14 bits per heavy atom. The Hall–Kier alpha value is -3.05. The molecule has 1 aliphatic heterocycles. The van der Waals surface area contributed by atoms with Gasteiger partial charge < -0.3 is 9.88 Å². The van der Waals surface area contributed by atoms with Gasteiger partial charge in [0.25, 0.3) is 5.91 Å². The van der Waals surface area contributed by atoms with Crippen LogP contribution < -0.4 is 0 Å². The number of carbonyl (C=O) groups excluding carboxylic acids is 1. The number of nitrogens with zero attached hydrogens (tertiary/aromatic N) is 3. The Labute approximate surface area is 167 Å². The summed E-state index contributed by atoms with van der Waals surface area (Å²) < 4.78 is 1.63. The number of nitrogens with one attached hydrogen (secondary N) is 1. The summed E-state index contributed by atoms with van der Waals surface area (Å²) in [6.07, 6.45) is 2.47. The van der Waals surface area contributed by atoms with Crippen LogP contribution in [0.25, 0.3) is 10.9 Å². The smallest absolute Gasteiger partial charge is 0.272 e. The molecule has 0 saturated carbocycles. The number of para-hydroxylation sites is 1. The first-order chi connectivity index (χ1) is 13.6. The van der Waals surface area contributed by atoms with E-state index in [-0.39, 0.29) is 11.9 Å². The highest BCUT2D eigenvalue weighted by atomic mass is 35.5. The SMILES string of the molecule is Cn1nccc1C(=O)N1CCc2c([nH]c3ccccc23)[C@H]1c1ccc(Cl)cc1. The van der Waals surface area contributed by atoms with Crippen molar-refractivity contribution in [2.75, 3.05) is 6.54 Å². The second-order valence-electron chi connectivity index (χ2n) is 7.11. The number of aromatic amines is 1. The van der Waals surface area contributed by atoms with E-state index in [0.29, 0.717) is 17.3 Å².